The molecule has 6 nitrogen and oxygen atoms in total. The van der Waals surface area contributed by atoms with Crippen molar-refractivity contribution in [3.05, 3.63) is 102 Å². The lowest BCUT2D eigenvalue weighted by Gasteiger charge is -2.38. The molecule has 0 bridgehead atoms. The zero-order valence-electron chi connectivity index (χ0n) is 18.3. The minimum Gasteiger partial charge on any atom is -0.369 e. The van der Waals surface area contributed by atoms with Crippen molar-refractivity contribution in [1.29, 1.82) is 0 Å². The van der Waals surface area contributed by atoms with Gasteiger partial charge in [-0.05, 0) is 43.2 Å². The zero-order valence-corrected chi connectivity index (χ0v) is 18.3. The van der Waals surface area contributed by atoms with E-state index in [2.05, 4.69) is 0 Å². The van der Waals surface area contributed by atoms with Crippen molar-refractivity contribution in [3.8, 4) is 16.9 Å². The normalized spacial score (nSPS) is 17.4. The maximum atomic E-state index is 14.0. The van der Waals surface area contributed by atoms with E-state index in [1.165, 1.54) is 0 Å². The van der Waals surface area contributed by atoms with Crippen LogP contribution in [-0.2, 0) is 4.79 Å². The Hall–Kier alpha value is -4.19. The number of amides is 2. The molecule has 0 spiro atoms. The molecule has 2 N–H and O–H groups in total. The van der Waals surface area contributed by atoms with Crippen LogP contribution in [-0.4, -0.2) is 27.6 Å². The van der Waals surface area contributed by atoms with E-state index in [0.717, 1.165) is 22.5 Å². The molecule has 2 heterocycles. The molecule has 0 fully saturated rings. The van der Waals surface area contributed by atoms with Crippen LogP contribution in [0.1, 0.15) is 35.3 Å². The Morgan fingerprint density at radius 2 is 1.55 bits per heavy atom. The number of carbonyl (C=O) groups excluding carboxylic acids is 2. The summed E-state index contributed by atoms with van der Waals surface area (Å²) in [5, 5.41) is 4.79. The monoisotopic (exact) mass is 436 g/mol. The number of fused-ring (bicyclic) bond motifs is 1. The summed E-state index contributed by atoms with van der Waals surface area (Å²) in [5.41, 5.74) is 10.1. The molecule has 6 heteroatoms. The minimum absolute atomic E-state index is 0.170. The second-order valence-electron chi connectivity index (χ2n) is 8.30. The van der Waals surface area contributed by atoms with Gasteiger partial charge >= 0.3 is 0 Å². The van der Waals surface area contributed by atoms with Crippen molar-refractivity contribution in [2.45, 2.75) is 25.3 Å². The third kappa shape index (κ3) is 3.69. The first kappa shape index (κ1) is 20.7. The van der Waals surface area contributed by atoms with Crippen LogP contribution in [0.4, 0.5) is 5.69 Å². The van der Waals surface area contributed by atoms with Gasteiger partial charge in [0.15, 0.2) is 0 Å². The van der Waals surface area contributed by atoms with Crippen LogP contribution in [0.5, 0.6) is 0 Å². The van der Waals surface area contributed by atoms with Crippen molar-refractivity contribution in [2.75, 3.05) is 4.90 Å². The first-order valence-electron chi connectivity index (χ1n) is 11.0. The molecule has 2 amide bonds. The summed E-state index contributed by atoms with van der Waals surface area (Å²) in [6, 6.07) is 28.5. The molecule has 3 aromatic carbocycles. The van der Waals surface area contributed by atoms with Crippen LogP contribution >= 0.6 is 0 Å². The number of nitrogens with zero attached hydrogens (tertiary/aromatic N) is 3. The summed E-state index contributed by atoms with van der Waals surface area (Å²) in [7, 11) is 0. The van der Waals surface area contributed by atoms with Crippen LogP contribution in [0.15, 0.2) is 91.0 Å². The summed E-state index contributed by atoms with van der Waals surface area (Å²) in [5.74, 6) is -0.961. The molecule has 0 saturated heterocycles. The van der Waals surface area contributed by atoms with E-state index >= 15 is 0 Å². The van der Waals surface area contributed by atoms with Gasteiger partial charge in [-0.25, -0.2) is 4.68 Å². The number of carbonyl (C=O) groups is 2. The lowest BCUT2D eigenvalue weighted by atomic mass is 9.85. The molecule has 2 unspecified atom stereocenters. The van der Waals surface area contributed by atoms with E-state index < -0.39 is 5.92 Å². The van der Waals surface area contributed by atoms with Crippen molar-refractivity contribution < 1.29 is 9.59 Å². The second-order valence-corrected chi connectivity index (χ2v) is 8.30. The zero-order chi connectivity index (χ0) is 22.9. The fourth-order valence-corrected chi connectivity index (χ4v) is 4.56. The lowest BCUT2D eigenvalue weighted by molar-refractivity contribution is -0.119. The molecule has 1 aromatic heterocycles. The number of rotatable bonds is 4. The molecule has 1 aliphatic heterocycles. The van der Waals surface area contributed by atoms with Gasteiger partial charge in [0.05, 0.1) is 17.3 Å². The Morgan fingerprint density at radius 1 is 0.909 bits per heavy atom. The summed E-state index contributed by atoms with van der Waals surface area (Å²) in [4.78, 5) is 27.9. The minimum atomic E-state index is -0.417. The van der Waals surface area contributed by atoms with Crippen LogP contribution in [0.25, 0.3) is 16.9 Å². The number of nitrogens with two attached hydrogens (primary N) is 1. The SMILES string of the molecule is CC1CC(C(N)=O)c2ccccc2N1C(=O)c1cc(-c2ccccc2)nn1-c1ccccc1. The maximum Gasteiger partial charge on any atom is 0.277 e. The van der Waals surface area contributed by atoms with Gasteiger partial charge in [-0.1, -0.05) is 66.7 Å². The predicted molar refractivity (Wildman–Crippen MR) is 128 cm³/mol. The van der Waals surface area contributed by atoms with E-state index in [0.29, 0.717) is 17.8 Å². The van der Waals surface area contributed by atoms with Gasteiger partial charge in [-0.3, -0.25) is 9.59 Å². The largest absolute Gasteiger partial charge is 0.369 e. The maximum absolute atomic E-state index is 14.0. The summed E-state index contributed by atoms with van der Waals surface area (Å²) >= 11 is 0. The first-order valence-corrected chi connectivity index (χ1v) is 11.0. The van der Waals surface area contributed by atoms with Gasteiger partial charge in [-0.2, -0.15) is 5.10 Å². The van der Waals surface area contributed by atoms with Crippen molar-refractivity contribution in [2.24, 2.45) is 5.73 Å². The van der Waals surface area contributed by atoms with Crippen LogP contribution in [0, 0.1) is 0 Å². The Labute approximate surface area is 192 Å². The van der Waals surface area contributed by atoms with E-state index in [1.54, 1.807) is 9.58 Å². The summed E-state index contributed by atoms with van der Waals surface area (Å²) in [6.07, 6.45) is 0.475. The molecular weight excluding hydrogens is 412 g/mol. The standard InChI is InChI=1S/C27H24N4O2/c1-18-16-22(26(28)32)21-14-8-9-15-24(21)30(18)27(33)25-17-23(19-10-4-2-5-11-19)29-31(25)20-12-6-3-7-13-20/h2-15,17-18,22H,16H2,1H3,(H2,28,32). The number of para-hydroxylation sites is 2. The number of primary amides is 1. The average molecular weight is 437 g/mol. The highest BCUT2D eigenvalue weighted by molar-refractivity contribution is 6.08. The topological polar surface area (TPSA) is 81.2 Å². The number of hydrogen-bond donors (Lipinski definition) is 1. The molecule has 0 saturated carbocycles. The predicted octanol–water partition coefficient (Wildman–Crippen LogP) is 4.55. The van der Waals surface area contributed by atoms with E-state index in [-0.39, 0.29) is 17.9 Å². The molecule has 164 valence electrons. The molecular formula is C27H24N4O2. The number of hydrogen-bond acceptors (Lipinski definition) is 3. The van der Waals surface area contributed by atoms with Crippen molar-refractivity contribution in [1.82, 2.24) is 9.78 Å². The molecule has 1 aliphatic rings. The molecule has 33 heavy (non-hydrogen) atoms. The highest BCUT2D eigenvalue weighted by Gasteiger charge is 2.37. The van der Waals surface area contributed by atoms with Gasteiger partial charge in [-0.15, -0.1) is 0 Å². The number of aromatic nitrogens is 2. The molecule has 4 aromatic rings. The fourth-order valence-electron chi connectivity index (χ4n) is 4.56. The Kier molecular flexibility index (Phi) is 5.26. The number of anilines is 1. The average Bonchev–Trinajstić information content (AvgIpc) is 3.30. The third-order valence-corrected chi connectivity index (χ3v) is 6.15. The van der Waals surface area contributed by atoms with Gasteiger partial charge in [0.1, 0.15) is 5.69 Å². The quantitative estimate of drug-likeness (QED) is 0.510. The molecule has 0 radical (unpaired) electrons. The summed E-state index contributed by atoms with van der Waals surface area (Å²) < 4.78 is 1.69. The van der Waals surface area contributed by atoms with E-state index in [9.17, 15) is 9.59 Å². The van der Waals surface area contributed by atoms with E-state index in [4.69, 9.17) is 10.8 Å². The second kappa shape index (κ2) is 8.39. The Morgan fingerprint density at radius 3 is 2.24 bits per heavy atom. The fraction of sp³-hybridized carbons (Fsp3) is 0.148. The van der Waals surface area contributed by atoms with Crippen LogP contribution < -0.4 is 10.6 Å². The Balaban J connectivity index is 1.64. The van der Waals surface area contributed by atoms with Gasteiger partial charge in [0.25, 0.3) is 5.91 Å². The highest BCUT2D eigenvalue weighted by Crippen LogP contribution is 2.39. The molecule has 0 aliphatic carbocycles. The van der Waals surface area contributed by atoms with Crippen molar-refractivity contribution in [3.63, 3.8) is 0 Å². The van der Waals surface area contributed by atoms with Gasteiger partial charge < -0.3 is 10.6 Å². The Bertz CT molecular complexity index is 1310. The molecule has 2 atom stereocenters. The lowest BCUT2D eigenvalue weighted by Crippen LogP contribution is -2.45. The van der Waals surface area contributed by atoms with E-state index in [1.807, 2.05) is 97.9 Å². The van der Waals surface area contributed by atoms with Crippen molar-refractivity contribution >= 4 is 17.5 Å². The first-order chi connectivity index (χ1) is 16.0. The summed E-state index contributed by atoms with van der Waals surface area (Å²) in [6.45, 7) is 1.95. The number of benzene rings is 3. The van der Waals surface area contributed by atoms with Crippen LogP contribution in [0.2, 0.25) is 0 Å². The van der Waals surface area contributed by atoms with Gasteiger partial charge in [0, 0.05) is 17.3 Å². The smallest absolute Gasteiger partial charge is 0.277 e. The highest BCUT2D eigenvalue weighted by atomic mass is 16.2. The van der Waals surface area contributed by atoms with Crippen LogP contribution in [0.3, 0.4) is 0 Å². The van der Waals surface area contributed by atoms with Gasteiger partial charge in [0.2, 0.25) is 5.91 Å². The molecule has 5 rings (SSSR count). The third-order valence-electron chi connectivity index (χ3n) is 6.15.